The normalized spacial score (nSPS) is 11.8. The Morgan fingerprint density at radius 1 is 1.39 bits per heavy atom. The number of fused-ring (bicyclic) bond motifs is 1. The number of benzene rings is 1. The van der Waals surface area contributed by atoms with E-state index in [0.717, 1.165) is 16.2 Å². The lowest BCUT2D eigenvalue weighted by atomic mass is 9.91. The van der Waals surface area contributed by atoms with Crippen LogP contribution in [0.25, 0.3) is 10.2 Å². The van der Waals surface area contributed by atoms with Crippen molar-refractivity contribution in [1.82, 2.24) is 4.98 Å². The number of aromatic nitrogens is 1. The molecule has 0 amide bonds. The number of hydrogen-bond acceptors (Lipinski definition) is 4. The van der Waals surface area contributed by atoms with Crippen LogP contribution in [0.5, 0.6) is 0 Å². The number of nitrogens with zero attached hydrogens (tertiary/aromatic N) is 1. The first-order chi connectivity index (χ1) is 8.36. The van der Waals surface area contributed by atoms with Gasteiger partial charge in [-0.25, -0.2) is 4.98 Å². The van der Waals surface area contributed by atoms with E-state index in [9.17, 15) is 4.79 Å². The lowest BCUT2D eigenvalue weighted by Crippen LogP contribution is -2.27. The summed E-state index contributed by atoms with van der Waals surface area (Å²) in [5, 5.41) is 4.23. The lowest BCUT2D eigenvalue weighted by molar-refractivity contribution is -0.124. The second-order valence-corrected chi connectivity index (χ2v) is 6.68. The molecule has 0 fully saturated rings. The molecule has 0 spiro atoms. The molecule has 2 rings (SSSR count). The van der Waals surface area contributed by atoms with Crippen molar-refractivity contribution in [2.75, 3.05) is 11.9 Å². The Labute approximate surface area is 111 Å². The van der Waals surface area contributed by atoms with E-state index >= 15 is 0 Å². The van der Waals surface area contributed by atoms with Crippen molar-refractivity contribution in [3.8, 4) is 0 Å². The van der Waals surface area contributed by atoms with Crippen LogP contribution in [0, 0.1) is 12.3 Å². The average Bonchev–Trinajstić information content (AvgIpc) is 2.63. The molecule has 0 saturated carbocycles. The molecule has 18 heavy (non-hydrogen) atoms. The third-order valence-corrected chi connectivity index (χ3v) is 3.74. The van der Waals surface area contributed by atoms with Gasteiger partial charge in [0.2, 0.25) is 0 Å². The molecule has 1 aromatic carbocycles. The molecule has 0 atom stereocenters. The minimum atomic E-state index is -0.297. The van der Waals surface area contributed by atoms with Gasteiger partial charge < -0.3 is 5.32 Å². The summed E-state index contributed by atoms with van der Waals surface area (Å²) in [6.45, 7) is 8.16. The van der Waals surface area contributed by atoms with Gasteiger partial charge in [-0.1, -0.05) is 20.8 Å². The molecular formula is C14H18N2OS. The van der Waals surface area contributed by atoms with Crippen LogP contribution in [0.1, 0.15) is 25.8 Å². The van der Waals surface area contributed by atoms with Gasteiger partial charge in [0.25, 0.3) is 0 Å². The summed E-state index contributed by atoms with van der Waals surface area (Å²) >= 11 is 1.68. The third-order valence-electron chi connectivity index (χ3n) is 2.78. The van der Waals surface area contributed by atoms with Crippen molar-refractivity contribution in [1.29, 1.82) is 0 Å². The molecule has 0 aliphatic heterocycles. The zero-order valence-electron chi connectivity index (χ0n) is 11.2. The maximum absolute atomic E-state index is 11.8. The molecule has 0 bridgehead atoms. The zero-order valence-corrected chi connectivity index (χ0v) is 12.0. The van der Waals surface area contributed by atoms with E-state index in [0.29, 0.717) is 6.54 Å². The highest BCUT2D eigenvalue weighted by molar-refractivity contribution is 7.18. The van der Waals surface area contributed by atoms with Gasteiger partial charge in [0.15, 0.2) is 5.78 Å². The number of anilines is 1. The first-order valence-electron chi connectivity index (χ1n) is 6.00. The van der Waals surface area contributed by atoms with E-state index in [1.165, 1.54) is 4.70 Å². The molecule has 0 radical (unpaired) electrons. The SMILES string of the molecule is Cc1nc2cc(NCC(=O)C(C)(C)C)ccc2s1. The first-order valence-corrected chi connectivity index (χ1v) is 6.82. The molecule has 3 nitrogen and oxygen atoms in total. The largest absolute Gasteiger partial charge is 0.378 e. The van der Waals surface area contributed by atoms with Crippen LogP contribution >= 0.6 is 11.3 Å². The molecule has 1 aromatic heterocycles. The van der Waals surface area contributed by atoms with Gasteiger partial charge in [0.1, 0.15) is 0 Å². The summed E-state index contributed by atoms with van der Waals surface area (Å²) in [6, 6.07) is 6.04. The highest BCUT2D eigenvalue weighted by Crippen LogP contribution is 2.24. The summed E-state index contributed by atoms with van der Waals surface area (Å²) in [7, 11) is 0. The van der Waals surface area contributed by atoms with Crippen molar-refractivity contribution in [2.24, 2.45) is 5.41 Å². The number of Topliss-reactive ketones (excluding diaryl/α,β-unsaturated/α-hetero) is 1. The average molecular weight is 262 g/mol. The summed E-state index contributed by atoms with van der Waals surface area (Å²) < 4.78 is 1.18. The van der Waals surface area contributed by atoms with Crippen molar-refractivity contribution in [3.05, 3.63) is 23.2 Å². The lowest BCUT2D eigenvalue weighted by Gasteiger charge is -2.17. The zero-order chi connectivity index (χ0) is 13.3. The van der Waals surface area contributed by atoms with Gasteiger partial charge in [-0.15, -0.1) is 11.3 Å². The van der Waals surface area contributed by atoms with E-state index in [1.807, 2.05) is 45.9 Å². The number of carbonyl (C=O) groups is 1. The smallest absolute Gasteiger partial charge is 0.157 e. The fraction of sp³-hybridized carbons (Fsp3) is 0.429. The van der Waals surface area contributed by atoms with E-state index in [1.54, 1.807) is 11.3 Å². The van der Waals surface area contributed by atoms with Crippen LogP contribution in [-0.2, 0) is 4.79 Å². The van der Waals surface area contributed by atoms with Crippen molar-refractivity contribution < 1.29 is 4.79 Å². The van der Waals surface area contributed by atoms with Crippen LogP contribution in [0.4, 0.5) is 5.69 Å². The van der Waals surface area contributed by atoms with Crippen LogP contribution in [0.2, 0.25) is 0 Å². The quantitative estimate of drug-likeness (QED) is 0.918. The minimum absolute atomic E-state index is 0.206. The number of carbonyl (C=O) groups excluding carboxylic acids is 1. The number of thiazole rings is 1. The Morgan fingerprint density at radius 3 is 2.78 bits per heavy atom. The number of hydrogen-bond donors (Lipinski definition) is 1. The summed E-state index contributed by atoms with van der Waals surface area (Å²) in [5.41, 5.74) is 1.64. The summed E-state index contributed by atoms with van der Waals surface area (Å²) in [5.74, 6) is 0.206. The van der Waals surface area contributed by atoms with E-state index in [4.69, 9.17) is 0 Å². The maximum atomic E-state index is 11.8. The Balaban J connectivity index is 2.10. The topological polar surface area (TPSA) is 42.0 Å². The Bertz CT molecular complexity index is 581. The predicted octanol–water partition coefficient (Wildman–Crippen LogP) is 3.63. The van der Waals surface area contributed by atoms with Gasteiger partial charge in [0.05, 0.1) is 21.8 Å². The highest BCUT2D eigenvalue weighted by atomic mass is 32.1. The van der Waals surface area contributed by atoms with E-state index in [-0.39, 0.29) is 11.2 Å². The van der Waals surface area contributed by atoms with Crippen molar-refractivity contribution in [3.63, 3.8) is 0 Å². The van der Waals surface area contributed by atoms with Gasteiger partial charge in [-0.3, -0.25) is 4.79 Å². The fourth-order valence-corrected chi connectivity index (χ4v) is 2.41. The first kappa shape index (κ1) is 13.0. The van der Waals surface area contributed by atoms with Crippen LogP contribution in [0.15, 0.2) is 18.2 Å². The Kier molecular flexibility index (Phi) is 3.39. The molecule has 0 saturated heterocycles. The fourth-order valence-electron chi connectivity index (χ4n) is 1.60. The molecule has 1 N–H and O–H groups in total. The van der Waals surface area contributed by atoms with Crippen LogP contribution < -0.4 is 5.32 Å². The molecule has 1 heterocycles. The number of aryl methyl sites for hydroxylation is 1. The maximum Gasteiger partial charge on any atom is 0.157 e. The molecule has 0 aliphatic carbocycles. The van der Waals surface area contributed by atoms with Crippen molar-refractivity contribution in [2.45, 2.75) is 27.7 Å². The third kappa shape index (κ3) is 2.88. The van der Waals surface area contributed by atoms with Gasteiger partial charge in [-0.2, -0.15) is 0 Å². The number of rotatable bonds is 3. The Morgan fingerprint density at radius 2 is 2.11 bits per heavy atom. The molecule has 0 aliphatic rings. The highest BCUT2D eigenvalue weighted by Gasteiger charge is 2.20. The van der Waals surface area contributed by atoms with Crippen molar-refractivity contribution >= 4 is 33.0 Å². The van der Waals surface area contributed by atoms with Gasteiger partial charge in [0, 0.05) is 11.1 Å². The van der Waals surface area contributed by atoms with E-state index in [2.05, 4.69) is 10.3 Å². The second-order valence-electron chi connectivity index (χ2n) is 5.44. The minimum Gasteiger partial charge on any atom is -0.378 e. The molecule has 4 heteroatoms. The summed E-state index contributed by atoms with van der Waals surface area (Å²) in [4.78, 5) is 16.3. The molecule has 2 aromatic rings. The number of nitrogens with one attached hydrogen (secondary N) is 1. The second kappa shape index (κ2) is 4.69. The Hall–Kier alpha value is -1.42. The molecular weight excluding hydrogens is 244 g/mol. The van der Waals surface area contributed by atoms with E-state index < -0.39 is 0 Å². The summed E-state index contributed by atoms with van der Waals surface area (Å²) in [6.07, 6.45) is 0. The molecule has 96 valence electrons. The van der Waals surface area contributed by atoms with Crippen LogP contribution in [0.3, 0.4) is 0 Å². The standard InChI is InChI=1S/C14H18N2OS/c1-9-16-11-7-10(5-6-12(11)18-9)15-8-13(17)14(2,3)4/h5-7,15H,8H2,1-4H3. The number of ketones is 1. The monoisotopic (exact) mass is 262 g/mol. The van der Waals surface area contributed by atoms with Gasteiger partial charge in [-0.05, 0) is 25.1 Å². The predicted molar refractivity (Wildman–Crippen MR) is 77.3 cm³/mol. The molecule has 0 unspecified atom stereocenters. The van der Waals surface area contributed by atoms with Crippen LogP contribution in [-0.4, -0.2) is 17.3 Å². The van der Waals surface area contributed by atoms with Gasteiger partial charge >= 0.3 is 0 Å².